The number of carbonyl (C=O) groups excluding carboxylic acids is 9. The highest BCUT2D eigenvalue weighted by atomic mass is 32.2. The van der Waals surface area contributed by atoms with Gasteiger partial charge in [0.1, 0.15) is 37.3 Å². The van der Waals surface area contributed by atoms with E-state index in [9.17, 15) is 43.2 Å². The quantitative estimate of drug-likeness (QED) is 0.0309. The zero-order chi connectivity index (χ0) is 71.9. The summed E-state index contributed by atoms with van der Waals surface area (Å²) in [7, 11) is 3.36. The smallest absolute Gasteiger partial charge is 0.315 e. The van der Waals surface area contributed by atoms with Crippen molar-refractivity contribution in [2.24, 2.45) is 23.3 Å². The van der Waals surface area contributed by atoms with Gasteiger partial charge in [-0.2, -0.15) is 26.7 Å². The number of hydrogen-bond donors (Lipinski definition) is 7. The summed E-state index contributed by atoms with van der Waals surface area (Å²) in [4.78, 5) is 149. The largest absolute Gasteiger partial charge is 0.354 e. The summed E-state index contributed by atoms with van der Waals surface area (Å²) in [6.07, 6.45) is 25.2. The van der Waals surface area contributed by atoms with E-state index in [1.807, 2.05) is 49.3 Å². The predicted octanol–water partition coefficient (Wildman–Crippen LogP) is 5.60. The number of nitrogens with two attached hydrogens (primary N) is 2. The van der Waals surface area contributed by atoms with Gasteiger partial charge in [-0.1, -0.05) is 124 Å². The summed E-state index contributed by atoms with van der Waals surface area (Å²) in [5.41, 5.74) is 11.5. The summed E-state index contributed by atoms with van der Waals surface area (Å²) < 4.78 is 0. The number of anilines is 3. The van der Waals surface area contributed by atoms with Crippen molar-refractivity contribution in [1.29, 1.82) is 0 Å². The average Bonchev–Trinajstić information content (AvgIpc) is 1.03. The minimum atomic E-state index is -0.692. The summed E-state index contributed by atoms with van der Waals surface area (Å²) in [6.45, 7) is 15.3. The average molecular weight is 1420 g/mol. The third-order valence-corrected chi connectivity index (χ3v) is 23.2. The fraction of sp³-hybridized carbons (Fsp3) is 0.833. The number of likely N-dealkylation sites (N-methyl/N-ethyl adjacent to an activating group) is 2. The van der Waals surface area contributed by atoms with E-state index >= 15 is 0 Å². The Kier molecular flexibility index (Phi) is 34.8. The van der Waals surface area contributed by atoms with Crippen LogP contribution in [0.2, 0.25) is 0 Å². The number of piperazine rings is 4. The van der Waals surface area contributed by atoms with Crippen LogP contribution in [0.4, 0.5) is 22.6 Å². The number of unbranched alkanes of at least 4 members (excludes halogenated alkanes) is 17. The second-order valence-electron chi connectivity index (χ2n) is 29.0. The summed E-state index contributed by atoms with van der Waals surface area (Å²) >= 11 is 1.92. The molecule has 100 heavy (non-hydrogen) atoms. The third kappa shape index (κ3) is 24.2. The number of nitrogens with one attached hydrogen (secondary N) is 5. The van der Waals surface area contributed by atoms with Crippen LogP contribution in [0.1, 0.15) is 214 Å². The molecule has 6 aliphatic rings. The fourth-order valence-corrected chi connectivity index (χ4v) is 16.5. The predicted molar refractivity (Wildman–Crippen MR) is 393 cm³/mol. The van der Waals surface area contributed by atoms with Crippen molar-refractivity contribution in [3.8, 4) is 0 Å². The van der Waals surface area contributed by atoms with Gasteiger partial charge in [-0.3, -0.25) is 38.4 Å². The lowest BCUT2D eigenvalue weighted by Crippen LogP contribution is -2.64. The first-order chi connectivity index (χ1) is 48.4. The Bertz CT molecular complexity index is 2600. The normalized spacial score (nSPS) is 21.7. The van der Waals surface area contributed by atoms with Crippen molar-refractivity contribution in [2.75, 3.05) is 133 Å². The number of hydrogen-bond acceptors (Lipinski definition) is 18. The highest BCUT2D eigenvalue weighted by Gasteiger charge is 2.46. The van der Waals surface area contributed by atoms with Gasteiger partial charge in [-0.05, 0) is 102 Å². The van der Waals surface area contributed by atoms with Crippen molar-refractivity contribution in [1.82, 2.24) is 65.6 Å². The van der Waals surface area contributed by atoms with Crippen LogP contribution in [0.25, 0.3) is 0 Å². The molecule has 7 rings (SSSR count). The Morgan fingerprint density at radius 3 is 1.35 bits per heavy atom. The molecule has 0 aliphatic carbocycles. The molecule has 9 atom stereocenters. The lowest BCUT2D eigenvalue weighted by molar-refractivity contribution is -0.161. The number of rotatable bonds is 46. The Balaban J connectivity index is 0.774. The highest BCUT2D eigenvalue weighted by Crippen LogP contribution is 2.34. The number of nitrogens with zero attached hydrogens (tertiary/aromatic N) is 11. The van der Waals surface area contributed by atoms with Gasteiger partial charge in [0, 0.05) is 110 Å². The molecule has 0 spiro atoms. The zero-order valence-electron chi connectivity index (χ0n) is 61.7. The molecule has 0 bridgehead atoms. The van der Waals surface area contributed by atoms with E-state index < -0.39 is 24.2 Å². The van der Waals surface area contributed by atoms with Crippen LogP contribution < -0.4 is 47.9 Å². The van der Waals surface area contributed by atoms with E-state index in [4.69, 9.17) is 26.4 Å². The lowest BCUT2D eigenvalue weighted by atomic mass is 9.93. The molecule has 6 saturated heterocycles. The van der Waals surface area contributed by atoms with Gasteiger partial charge in [0.2, 0.25) is 65.1 Å². The molecule has 6 aliphatic heterocycles. The first-order valence-electron chi connectivity index (χ1n) is 38.7. The molecular weight excluding hydrogens is 1290 g/mol. The maximum Gasteiger partial charge on any atom is 0.315 e. The zero-order valence-corrected chi connectivity index (χ0v) is 62.5. The maximum atomic E-state index is 13.7. The second-order valence-corrected chi connectivity index (χ2v) is 30.3. The van der Waals surface area contributed by atoms with Gasteiger partial charge in [0.25, 0.3) is 0 Å². The minimum absolute atomic E-state index is 0.0172. The Hall–Kier alpha value is -6.29. The summed E-state index contributed by atoms with van der Waals surface area (Å²) in [5.74, 6) is 1.92. The summed E-state index contributed by atoms with van der Waals surface area (Å²) in [6, 6.07) is -2.21. The van der Waals surface area contributed by atoms with Crippen molar-refractivity contribution >= 4 is 82.9 Å². The van der Waals surface area contributed by atoms with Crippen LogP contribution in [-0.4, -0.2) is 257 Å². The van der Waals surface area contributed by atoms with Gasteiger partial charge in [-0.25, -0.2) is 4.79 Å². The standard InChI is InChI=1S/C72H126N18O9S/c1-7-52(3)63-67(97)89(49-60(93)83(63)5)55(31-23-26-36-73)65(95)75-38-28-19-15-11-9-13-17-21-34-58(91)85-41-45-87(46-42-85)70-80-69(77-40-30-25-33-57-62-54(51-100-57)78-72(99)79-62)81-71(82-70)88-47-43-86(44-48-88)59(92)35-22-18-14-10-12-16-20-29-39-76-66(96)56(32-24-27-37-74)90-50-61(94)84(6)64(68(90)98)53(4)8-2/h52-57,62-64H,7-51,73-74H2,1-6H3,(H,75,95)(H,76,96)(H2,78,79,99)(H,77,80,81,82)/t52-,53-,54-,55-,56-,57-,62-,63-,64-/m0/s1. The van der Waals surface area contributed by atoms with E-state index in [0.29, 0.717) is 147 Å². The monoisotopic (exact) mass is 1420 g/mol. The molecule has 0 radical (unpaired) electrons. The molecular formula is C72H126N18O9S. The first kappa shape index (κ1) is 81.0. The van der Waals surface area contributed by atoms with Gasteiger partial charge < -0.3 is 77.3 Å². The van der Waals surface area contributed by atoms with Crippen LogP contribution in [0.3, 0.4) is 0 Å². The molecule has 10 amide bonds. The molecule has 564 valence electrons. The highest BCUT2D eigenvalue weighted by molar-refractivity contribution is 8.00. The molecule has 6 fully saturated rings. The van der Waals surface area contributed by atoms with Crippen molar-refractivity contribution < 1.29 is 43.2 Å². The maximum absolute atomic E-state index is 13.7. The number of aromatic nitrogens is 3. The molecule has 28 heteroatoms. The topological polar surface area (TPSA) is 330 Å². The molecule has 9 N–H and O–H groups in total. The number of carbonyl (C=O) groups is 9. The second kappa shape index (κ2) is 43.0. The number of amides is 10. The minimum Gasteiger partial charge on any atom is -0.354 e. The molecule has 0 unspecified atom stereocenters. The van der Waals surface area contributed by atoms with Gasteiger partial charge in [0.05, 0.1) is 12.1 Å². The fourth-order valence-electron chi connectivity index (χ4n) is 14.9. The van der Waals surface area contributed by atoms with Crippen LogP contribution in [0.5, 0.6) is 0 Å². The molecule has 27 nitrogen and oxygen atoms in total. The van der Waals surface area contributed by atoms with Crippen LogP contribution in [0, 0.1) is 11.8 Å². The first-order valence-corrected chi connectivity index (χ1v) is 39.8. The van der Waals surface area contributed by atoms with E-state index in [1.54, 1.807) is 23.9 Å². The molecule has 0 aromatic carbocycles. The van der Waals surface area contributed by atoms with Gasteiger partial charge in [0.15, 0.2) is 0 Å². The lowest BCUT2D eigenvalue weighted by Gasteiger charge is -2.43. The number of urea groups is 1. The molecule has 1 aromatic rings. The SMILES string of the molecule is CC[C@H](C)[C@H]1C(=O)N([C@@H](CCCCN)C(=O)NCCCCCCCCCCC(=O)N2CCN(c3nc(NCCCC[C@@H]4SC[C@@H]5NC(=O)N[C@@H]54)nc(N4CCN(C(=O)CCCCCCCCCCNC(=O)[C@H](CCCCN)N5CC(=O)N(C)[C@@H]([C@@H](C)CC)C5=O)CC4)n3)CC2)CC(=O)N1C. The van der Waals surface area contributed by atoms with Crippen molar-refractivity contribution in [3.63, 3.8) is 0 Å². The van der Waals surface area contributed by atoms with E-state index in [0.717, 1.165) is 153 Å². The third-order valence-electron chi connectivity index (χ3n) is 21.7. The number of fused-ring (bicyclic) bond motifs is 1. The van der Waals surface area contributed by atoms with Crippen molar-refractivity contribution in [3.05, 3.63) is 0 Å². The van der Waals surface area contributed by atoms with Crippen LogP contribution >= 0.6 is 11.8 Å². The molecule has 1 aromatic heterocycles. The Morgan fingerprint density at radius 1 is 0.520 bits per heavy atom. The van der Waals surface area contributed by atoms with E-state index in [-0.39, 0.29) is 90.3 Å². The van der Waals surface area contributed by atoms with Gasteiger partial charge >= 0.3 is 6.03 Å². The van der Waals surface area contributed by atoms with Crippen LogP contribution in [-0.2, 0) is 38.4 Å². The summed E-state index contributed by atoms with van der Waals surface area (Å²) in [5, 5.41) is 16.2. The molecule has 7 heterocycles. The Morgan fingerprint density at radius 2 is 0.930 bits per heavy atom. The van der Waals surface area contributed by atoms with Crippen LogP contribution in [0.15, 0.2) is 0 Å². The van der Waals surface area contributed by atoms with E-state index in [1.165, 1.54) is 9.80 Å². The van der Waals surface area contributed by atoms with E-state index in [2.05, 4.69) is 36.4 Å². The number of thioether (sulfide) groups is 1. The molecule has 0 saturated carbocycles. The van der Waals surface area contributed by atoms with Gasteiger partial charge in [-0.15, -0.1) is 0 Å². The van der Waals surface area contributed by atoms with Crippen molar-refractivity contribution in [2.45, 2.75) is 255 Å². The Labute approximate surface area is 600 Å².